The molecule has 0 aliphatic rings. The Bertz CT molecular complexity index is 1150. The van der Waals surface area contributed by atoms with Crippen LogP contribution < -0.4 is 4.74 Å². The fourth-order valence-corrected chi connectivity index (χ4v) is 4.31. The Morgan fingerprint density at radius 1 is 1.12 bits per heavy atom. The van der Waals surface area contributed by atoms with Gasteiger partial charge in [-0.15, -0.1) is 0 Å². The van der Waals surface area contributed by atoms with Gasteiger partial charge < -0.3 is 24.9 Å². The number of hydrogen-bond acceptors (Lipinski definition) is 6. The van der Waals surface area contributed by atoms with Gasteiger partial charge in [0, 0.05) is 10.6 Å². The number of carboxylic acid groups (broad SMARTS) is 1. The van der Waals surface area contributed by atoms with Crippen molar-refractivity contribution in [1.82, 2.24) is 0 Å². The smallest absolute Gasteiger partial charge is 0.344 e. The molecule has 0 spiro atoms. The van der Waals surface area contributed by atoms with Crippen LogP contribution in [0.15, 0.2) is 68.7 Å². The maximum absolute atomic E-state index is 10.7. The monoisotopic (exact) mass is 583 g/mol. The molecule has 1 atom stereocenters. The highest BCUT2D eigenvalue weighted by atomic mass is 79.9. The number of oxime groups is 1. The number of rotatable bonds is 8. The van der Waals surface area contributed by atoms with Crippen molar-refractivity contribution in [2.45, 2.75) is 6.10 Å². The average Bonchev–Trinajstić information content (AvgIpc) is 2.74. The van der Waals surface area contributed by atoms with Crippen molar-refractivity contribution in [1.29, 1.82) is 0 Å². The summed E-state index contributed by atoms with van der Waals surface area (Å²) in [5.41, 5.74) is 1.42. The topological polar surface area (TPSA) is 109 Å². The van der Waals surface area contributed by atoms with E-state index >= 15 is 0 Å². The number of phenols is 1. The second kappa shape index (κ2) is 10.8. The Morgan fingerprint density at radius 2 is 1.84 bits per heavy atom. The minimum Gasteiger partial charge on any atom is -0.508 e. The molecule has 0 radical (unpaired) electrons. The number of aliphatic hydroxyl groups is 1. The number of aromatic hydroxyl groups is 1. The Hall–Kier alpha value is -2.59. The van der Waals surface area contributed by atoms with Gasteiger partial charge in [-0.05, 0) is 85.5 Å². The maximum Gasteiger partial charge on any atom is 0.344 e. The van der Waals surface area contributed by atoms with E-state index < -0.39 is 18.7 Å². The molecule has 0 saturated carbocycles. The van der Waals surface area contributed by atoms with Crippen molar-refractivity contribution < 1.29 is 29.7 Å². The van der Waals surface area contributed by atoms with Gasteiger partial charge in [0.1, 0.15) is 17.6 Å². The minimum atomic E-state index is -1.12. The second-order valence-electron chi connectivity index (χ2n) is 6.50. The zero-order valence-electron chi connectivity index (χ0n) is 16.2. The van der Waals surface area contributed by atoms with Gasteiger partial charge in [0.05, 0.1) is 15.2 Å². The second-order valence-corrected chi connectivity index (χ2v) is 8.64. The highest BCUT2D eigenvalue weighted by Crippen LogP contribution is 2.40. The van der Waals surface area contributed by atoms with Crippen molar-refractivity contribution in [3.8, 4) is 17.2 Å². The molecule has 0 aromatic heterocycles. The van der Waals surface area contributed by atoms with Gasteiger partial charge in [0.2, 0.25) is 6.61 Å². The van der Waals surface area contributed by atoms with Crippen LogP contribution in [0.4, 0.5) is 0 Å². The lowest BCUT2D eigenvalue weighted by Crippen LogP contribution is -2.03. The number of phenolic OH excluding ortho intramolecular Hbond substituents is 1. The van der Waals surface area contributed by atoms with E-state index in [1.165, 1.54) is 18.3 Å². The standard InChI is InChI=1S/C22H16Br2ClNO6/c23-17-6-12(10-26-31-11-20(28)29)7-18(24)22(17)32-15-4-5-19(27)16(9-15)21(30)13-2-1-3-14(25)8-13/h1-10,21,27,30H,11H2,(H,28,29)/b26-10+. The summed E-state index contributed by atoms with van der Waals surface area (Å²) in [6.07, 6.45) is 0.260. The Kier molecular flexibility index (Phi) is 8.14. The van der Waals surface area contributed by atoms with Crippen molar-refractivity contribution in [3.05, 3.63) is 85.3 Å². The van der Waals surface area contributed by atoms with E-state index in [-0.39, 0.29) is 11.3 Å². The largest absolute Gasteiger partial charge is 0.508 e. The number of aliphatic carboxylic acids is 1. The normalized spacial score (nSPS) is 12.0. The Labute approximate surface area is 205 Å². The van der Waals surface area contributed by atoms with E-state index in [4.69, 9.17) is 21.4 Å². The molecule has 0 heterocycles. The molecule has 3 aromatic carbocycles. The first-order valence-electron chi connectivity index (χ1n) is 9.05. The Balaban J connectivity index is 1.83. The van der Waals surface area contributed by atoms with E-state index in [0.29, 0.717) is 36.6 Å². The molecule has 7 nitrogen and oxygen atoms in total. The molecular weight excluding hydrogens is 570 g/mol. The molecule has 166 valence electrons. The van der Waals surface area contributed by atoms with Crippen LogP contribution in [0.5, 0.6) is 17.2 Å². The molecule has 0 aliphatic carbocycles. The lowest BCUT2D eigenvalue weighted by Gasteiger charge is -2.16. The van der Waals surface area contributed by atoms with Gasteiger partial charge in [0.15, 0.2) is 5.75 Å². The maximum atomic E-state index is 10.7. The first-order valence-corrected chi connectivity index (χ1v) is 11.0. The van der Waals surface area contributed by atoms with Gasteiger partial charge in [-0.25, -0.2) is 4.79 Å². The third-order valence-electron chi connectivity index (χ3n) is 4.16. The number of aliphatic hydroxyl groups excluding tert-OH is 1. The summed E-state index contributed by atoms with van der Waals surface area (Å²) in [6, 6.07) is 14.7. The predicted octanol–water partition coefficient (Wildman–Crippen LogP) is 5.88. The lowest BCUT2D eigenvalue weighted by atomic mass is 10.0. The van der Waals surface area contributed by atoms with Gasteiger partial charge in [-0.1, -0.05) is 28.9 Å². The molecule has 0 saturated heterocycles. The number of carbonyl (C=O) groups is 1. The summed E-state index contributed by atoms with van der Waals surface area (Å²) in [7, 11) is 0. The van der Waals surface area contributed by atoms with Gasteiger partial charge in [-0.3, -0.25) is 0 Å². The molecule has 0 aliphatic heterocycles. The number of ether oxygens (including phenoxy) is 1. The fraction of sp³-hybridized carbons (Fsp3) is 0.0909. The van der Waals surface area contributed by atoms with Crippen LogP contribution in [0.2, 0.25) is 5.02 Å². The number of hydrogen-bond donors (Lipinski definition) is 3. The molecule has 32 heavy (non-hydrogen) atoms. The molecule has 0 amide bonds. The number of nitrogens with zero attached hydrogens (tertiary/aromatic N) is 1. The highest BCUT2D eigenvalue weighted by Gasteiger charge is 2.17. The quantitative estimate of drug-likeness (QED) is 0.225. The third kappa shape index (κ3) is 6.23. The number of benzene rings is 3. The van der Waals surface area contributed by atoms with Crippen molar-refractivity contribution in [2.24, 2.45) is 5.16 Å². The molecular formula is C22H16Br2ClNO6. The van der Waals surface area contributed by atoms with Crippen molar-refractivity contribution in [2.75, 3.05) is 6.61 Å². The molecule has 10 heteroatoms. The van der Waals surface area contributed by atoms with Crippen LogP contribution in [0.3, 0.4) is 0 Å². The van der Waals surface area contributed by atoms with Crippen LogP contribution >= 0.6 is 43.5 Å². The van der Waals surface area contributed by atoms with Crippen molar-refractivity contribution in [3.63, 3.8) is 0 Å². The highest BCUT2D eigenvalue weighted by molar-refractivity contribution is 9.11. The van der Waals surface area contributed by atoms with E-state index in [1.807, 2.05) is 0 Å². The Morgan fingerprint density at radius 3 is 2.50 bits per heavy atom. The molecule has 3 N–H and O–H groups in total. The van der Waals surface area contributed by atoms with Crippen LogP contribution in [0.1, 0.15) is 22.8 Å². The molecule has 3 rings (SSSR count). The summed E-state index contributed by atoms with van der Waals surface area (Å²) in [5, 5.41) is 33.6. The summed E-state index contributed by atoms with van der Waals surface area (Å²) >= 11 is 12.9. The lowest BCUT2D eigenvalue weighted by molar-refractivity contribution is -0.142. The van der Waals surface area contributed by atoms with Gasteiger partial charge >= 0.3 is 5.97 Å². The van der Waals surface area contributed by atoms with E-state index in [2.05, 4.69) is 41.9 Å². The molecule has 0 fully saturated rings. The van der Waals surface area contributed by atoms with Crippen LogP contribution in [-0.2, 0) is 9.63 Å². The summed E-state index contributed by atoms with van der Waals surface area (Å²) in [4.78, 5) is 15.1. The third-order valence-corrected chi connectivity index (χ3v) is 5.58. The van der Waals surface area contributed by atoms with Crippen LogP contribution in [0, 0.1) is 0 Å². The van der Waals surface area contributed by atoms with Gasteiger partial charge in [0.25, 0.3) is 0 Å². The SMILES string of the molecule is O=C(O)CO/N=C/c1cc(Br)c(Oc2ccc(O)c(C(O)c3cccc(Cl)c3)c2)c(Br)c1. The van der Waals surface area contributed by atoms with E-state index in [9.17, 15) is 15.0 Å². The zero-order valence-corrected chi connectivity index (χ0v) is 20.1. The van der Waals surface area contributed by atoms with Gasteiger partial charge in [-0.2, -0.15) is 0 Å². The first-order chi connectivity index (χ1) is 15.2. The molecule has 1 unspecified atom stereocenters. The first kappa shape index (κ1) is 24.1. The summed E-state index contributed by atoms with van der Waals surface area (Å²) in [5.74, 6) is -0.383. The molecule has 0 bridgehead atoms. The van der Waals surface area contributed by atoms with E-state index in [0.717, 1.165) is 0 Å². The zero-order chi connectivity index (χ0) is 23.3. The molecule has 3 aromatic rings. The summed E-state index contributed by atoms with van der Waals surface area (Å²) < 4.78 is 7.12. The van der Waals surface area contributed by atoms with E-state index in [1.54, 1.807) is 42.5 Å². The number of halogens is 3. The average molecular weight is 586 g/mol. The minimum absolute atomic E-state index is 0.0872. The summed E-state index contributed by atoms with van der Waals surface area (Å²) in [6.45, 7) is -0.537. The number of carboxylic acids is 1. The van der Waals surface area contributed by atoms with Crippen LogP contribution in [0.25, 0.3) is 0 Å². The predicted molar refractivity (Wildman–Crippen MR) is 127 cm³/mol. The van der Waals surface area contributed by atoms with Crippen molar-refractivity contribution >= 4 is 55.6 Å². The fourth-order valence-electron chi connectivity index (χ4n) is 2.73. The van der Waals surface area contributed by atoms with Crippen LogP contribution in [-0.4, -0.2) is 34.1 Å².